The molecule has 1 aliphatic rings. The maximum absolute atomic E-state index is 9.25. The van der Waals surface area contributed by atoms with Gasteiger partial charge >= 0.3 is 0 Å². The lowest BCUT2D eigenvalue weighted by molar-refractivity contribution is 0.153. The van der Waals surface area contributed by atoms with Gasteiger partial charge in [-0.15, -0.1) is 0 Å². The summed E-state index contributed by atoms with van der Waals surface area (Å²) in [4.78, 5) is 2.35. The SMILES string of the molecule is Cc1cc(CN2CCC[C@H]2CO)ccc1Cl. The van der Waals surface area contributed by atoms with Gasteiger partial charge in [-0.25, -0.2) is 0 Å². The Bertz CT molecular complexity index is 367. The molecule has 1 aromatic rings. The molecule has 2 nitrogen and oxygen atoms in total. The molecule has 0 aromatic heterocycles. The molecule has 1 aliphatic heterocycles. The second kappa shape index (κ2) is 5.17. The molecule has 88 valence electrons. The van der Waals surface area contributed by atoms with Crippen LogP contribution in [0.2, 0.25) is 5.02 Å². The minimum atomic E-state index is 0.270. The van der Waals surface area contributed by atoms with Crippen LogP contribution in [0.25, 0.3) is 0 Å². The van der Waals surface area contributed by atoms with Gasteiger partial charge in [0.2, 0.25) is 0 Å². The van der Waals surface area contributed by atoms with E-state index in [2.05, 4.69) is 17.0 Å². The number of hydrogen-bond acceptors (Lipinski definition) is 2. The fraction of sp³-hybridized carbons (Fsp3) is 0.538. The van der Waals surface area contributed by atoms with Gasteiger partial charge in [0.25, 0.3) is 0 Å². The van der Waals surface area contributed by atoms with Crippen molar-refractivity contribution < 1.29 is 5.11 Å². The molecule has 1 atom stereocenters. The zero-order valence-electron chi connectivity index (χ0n) is 9.62. The van der Waals surface area contributed by atoms with Crippen LogP contribution in [0.5, 0.6) is 0 Å². The summed E-state index contributed by atoms with van der Waals surface area (Å²) in [6.07, 6.45) is 2.31. The summed E-state index contributed by atoms with van der Waals surface area (Å²) in [5, 5.41) is 10.1. The molecule has 2 rings (SSSR count). The summed E-state index contributed by atoms with van der Waals surface area (Å²) in [6, 6.07) is 6.50. The van der Waals surface area contributed by atoms with Gasteiger partial charge in [0.05, 0.1) is 6.61 Å². The molecule has 16 heavy (non-hydrogen) atoms. The number of rotatable bonds is 3. The van der Waals surface area contributed by atoms with Gasteiger partial charge in [0, 0.05) is 17.6 Å². The number of aryl methyl sites for hydroxylation is 1. The molecule has 0 unspecified atom stereocenters. The van der Waals surface area contributed by atoms with Crippen molar-refractivity contribution in [2.45, 2.75) is 32.4 Å². The molecule has 0 aliphatic carbocycles. The third-order valence-electron chi connectivity index (χ3n) is 3.32. The average molecular weight is 240 g/mol. The Labute approximate surface area is 102 Å². The standard InChI is InChI=1S/C13H18ClNO/c1-10-7-11(4-5-13(10)14)8-15-6-2-3-12(15)9-16/h4-5,7,12,16H,2-3,6,8-9H2,1H3/t12-/m0/s1. The lowest BCUT2D eigenvalue weighted by atomic mass is 10.1. The summed E-state index contributed by atoms with van der Waals surface area (Å²) in [7, 11) is 0. The third kappa shape index (κ3) is 2.57. The lowest BCUT2D eigenvalue weighted by Gasteiger charge is -2.22. The molecule has 0 amide bonds. The van der Waals surface area contributed by atoms with E-state index < -0.39 is 0 Å². The Morgan fingerprint density at radius 3 is 3.00 bits per heavy atom. The lowest BCUT2D eigenvalue weighted by Crippen LogP contribution is -2.31. The van der Waals surface area contributed by atoms with Gasteiger partial charge in [0.1, 0.15) is 0 Å². The largest absolute Gasteiger partial charge is 0.395 e. The first-order valence-corrected chi connectivity index (χ1v) is 6.18. The monoisotopic (exact) mass is 239 g/mol. The van der Waals surface area contributed by atoms with Crippen molar-refractivity contribution in [2.75, 3.05) is 13.2 Å². The topological polar surface area (TPSA) is 23.5 Å². The highest BCUT2D eigenvalue weighted by molar-refractivity contribution is 6.31. The minimum absolute atomic E-state index is 0.270. The van der Waals surface area contributed by atoms with Gasteiger partial charge in [-0.2, -0.15) is 0 Å². The van der Waals surface area contributed by atoms with E-state index in [-0.39, 0.29) is 6.61 Å². The van der Waals surface area contributed by atoms with E-state index in [1.165, 1.54) is 12.0 Å². The zero-order chi connectivity index (χ0) is 11.5. The van der Waals surface area contributed by atoms with Gasteiger partial charge in [-0.3, -0.25) is 4.90 Å². The Balaban J connectivity index is 2.05. The molecular weight excluding hydrogens is 222 g/mol. The average Bonchev–Trinajstić information content (AvgIpc) is 2.71. The summed E-state index contributed by atoms with van der Waals surface area (Å²) in [5.41, 5.74) is 2.40. The smallest absolute Gasteiger partial charge is 0.0587 e. The fourth-order valence-corrected chi connectivity index (χ4v) is 2.47. The zero-order valence-corrected chi connectivity index (χ0v) is 10.4. The van der Waals surface area contributed by atoms with Crippen molar-refractivity contribution in [3.63, 3.8) is 0 Å². The van der Waals surface area contributed by atoms with E-state index in [0.717, 1.165) is 30.1 Å². The number of nitrogens with zero attached hydrogens (tertiary/aromatic N) is 1. The van der Waals surface area contributed by atoms with Gasteiger partial charge in [0.15, 0.2) is 0 Å². The van der Waals surface area contributed by atoms with Crippen LogP contribution in [0.1, 0.15) is 24.0 Å². The molecule has 3 heteroatoms. The first-order chi connectivity index (χ1) is 7.70. The molecule has 1 aromatic carbocycles. The molecule has 1 N–H and O–H groups in total. The number of hydrogen-bond donors (Lipinski definition) is 1. The highest BCUT2D eigenvalue weighted by Gasteiger charge is 2.23. The quantitative estimate of drug-likeness (QED) is 0.877. The molecular formula is C13H18ClNO. The summed E-state index contributed by atoms with van der Waals surface area (Å²) >= 11 is 6.00. The van der Waals surface area contributed by atoms with E-state index in [9.17, 15) is 5.11 Å². The van der Waals surface area contributed by atoms with Crippen LogP contribution in [0.4, 0.5) is 0 Å². The van der Waals surface area contributed by atoms with Crippen molar-refractivity contribution in [1.82, 2.24) is 4.90 Å². The Hall–Kier alpha value is -0.570. The molecule has 0 bridgehead atoms. The van der Waals surface area contributed by atoms with E-state index in [1.54, 1.807) is 0 Å². The Morgan fingerprint density at radius 1 is 1.50 bits per heavy atom. The van der Waals surface area contributed by atoms with E-state index in [4.69, 9.17) is 11.6 Å². The number of benzene rings is 1. The fourth-order valence-electron chi connectivity index (χ4n) is 2.35. The van der Waals surface area contributed by atoms with E-state index in [0.29, 0.717) is 6.04 Å². The van der Waals surface area contributed by atoms with Crippen molar-refractivity contribution in [3.05, 3.63) is 34.3 Å². The van der Waals surface area contributed by atoms with Crippen molar-refractivity contribution in [2.24, 2.45) is 0 Å². The molecule has 1 fully saturated rings. The molecule has 1 heterocycles. The van der Waals surface area contributed by atoms with Crippen LogP contribution in [0, 0.1) is 6.92 Å². The van der Waals surface area contributed by atoms with Gasteiger partial charge in [-0.1, -0.05) is 23.7 Å². The number of likely N-dealkylation sites (tertiary alicyclic amines) is 1. The van der Waals surface area contributed by atoms with Crippen molar-refractivity contribution >= 4 is 11.6 Å². The minimum Gasteiger partial charge on any atom is -0.395 e. The van der Waals surface area contributed by atoms with Crippen LogP contribution < -0.4 is 0 Å². The second-order valence-corrected chi connectivity index (χ2v) is 4.94. The maximum atomic E-state index is 9.25. The van der Waals surface area contributed by atoms with E-state index in [1.807, 2.05) is 13.0 Å². The molecule has 0 radical (unpaired) electrons. The highest BCUT2D eigenvalue weighted by atomic mass is 35.5. The predicted octanol–water partition coefficient (Wildman–Crippen LogP) is 2.61. The predicted molar refractivity (Wildman–Crippen MR) is 66.7 cm³/mol. The number of aliphatic hydroxyl groups is 1. The first-order valence-electron chi connectivity index (χ1n) is 5.80. The maximum Gasteiger partial charge on any atom is 0.0587 e. The summed E-state index contributed by atoms with van der Waals surface area (Å²) in [5.74, 6) is 0. The molecule has 1 saturated heterocycles. The van der Waals surface area contributed by atoms with Gasteiger partial charge < -0.3 is 5.11 Å². The first kappa shape index (κ1) is 11.9. The van der Waals surface area contributed by atoms with Gasteiger partial charge in [-0.05, 0) is 43.5 Å². The van der Waals surface area contributed by atoms with Crippen LogP contribution >= 0.6 is 11.6 Å². The van der Waals surface area contributed by atoms with Crippen molar-refractivity contribution in [3.8, 4) is 0 Å². The third-order valence-corrected chi connectivity index (χ3v) is 3.74. The van der Waals surface area contributed by atoms with E-state index >= 15 is 0 Å². The molecule has 0 saturated carbocycles. The van der Waals surface area contributed by atoms with Crippen LogP contribution in [0.15, 0.2) is 18.2 Å². The highest BCUT2D eigenvalue weighted by Crippen LogP contribution is 2.22. The molecule has 0 spiro atoms. The normalized spacial score (nSPS) is 21.6. The summed E-state index contributed by atoms with van der Waals surface area (Å²) < 4.78 is 0. The second-order valence-electron chi connectivity index (χ2n) is 4.53. The van der Waals surface area contributed by atoms with Crippen molar-refractivity contribution in [1.29, 1.82) is 0 Å². The van der Waals surface area contributed by atoms with Crippen LogP contribution in [-0.2, 0) is 6.54 Å². The van der Waals surface area contributed by atoms with Crippen LogP contribution in [-0.4, -0.2) is 29.2 Å². The Kier molecular flexibility index (Phi) is 3.85. The van der Waals surface area contributed by atoms with Crippen LogP contribution in [0.3, 0.4) is 0 Å². The number of aliphatic hydroxyl groups excluding tert-OH is 1. The number of halogens is 1. The Morgan fingerprint density at radius 2 is 2.31 bits per heavy atom. The summed E-state index contributed by atoms with van der Waals surface area (Å²) in [6.45, 7) is 4.31.